The maximum atomic E-state index is 12.8. The molecular formula is C16H24N2O7S2. The fraction of sp³-hybridized carbons (Fsp3) is 0.562. The Balaban J connectivity index is 2.21. The minimum atomic E-state index is -4.02. The van der Waals surface area contributed by atoms with Gasteiger partial charge in [-0.2, -0.15) is 4.31 Å². The lowest BCUT2D eigenvalue weighted by Crippen LogP contribution is -2.38. The van der Waals surface area contributed by atoms with Crippen molar-refractivity contribution in [3.05, 3.63) is 24.3 Å². The van der Waals surface area contributed by atoms with Crippen molar-refractivity contribution in [1.29, 1.82) is 0 Å². The van der Waals surface area contributed by atoms with Gasteiger partial charge in [0.05, 0.1) is 23.0 Å². The van der Waals surface area contributed by atoms with Gasteiger partial charge in [-0.25, -0.2) is 21.6 Å². The summed E-state index contributed by atoms with van der Waals surface area (Å²) in [7, 11) is -6.28. The molecule has 0 aliphatic heterocycles. The Morgan fingerprint density at radius 2 is 1.74 bits per heavy atom. The highest BCUT2D eigenvalue weighted by atomic mass is 32.2. The minimum absolute atomic E-state index is 0.0119. The Bertz CT molecular complexity index is 847. The second-order valence-electron chi connectivity index (χ2n) is 6.00. The Kier molecular flexibility index (Phi) is 7.34. The second kappa shape index (κ2) is 9.11. The van der Waals surface area contributed by atoms with Gasteiger partial charge in [0.15, 0.2) is 0 Å². The number of rotatable bonds is 11. The van der Waals surface area contributed by atoms with Gasteiger partial charge < -0.3 is 9.47 Å². The number of nitrogens with zero attached hydrogens (tertiary/aromatic N) is 1. The molecule has 9 nitrogen and oxygen atoms in total. The van der Waals surface area contributed by atoms with Gasteiger partial charge in [0.2, 0.25) is 20.0 Å². The van der Waals surface area contributed by atoms with E-state index >= 15 is 0 Å². The number of carbonyl (C=O) groups is 1. The van der Waals surface area contributed by atoms with E-state index in [1.807, 2.05) is 0 Å². The summed E-state index contributed by atoms with van der Waals surface area (Å²) in [4.78, 5) is 11.6. The van der Waals surface area contributed by atoms with Crippen molar-refractivity contribution in [1.82, 2.24) is 9.03 Å². The number of hydrogen-bond donors (Lipinski definition) is 1. The fourth-order valence-electron chi connectivity index (χ4n) is 2.26. The number of benzene rings is 1. The molecule has 152 valence electrons. The van der Waals surface area contributed by atoms with Crippen LogP contribution in [0.1, 0.15) is 19.8 Å². The van der Waals surface area contributed by atoms with E-state index < -0.39 is 32.6 Å². The van der Waals surface area contributed by atoms with Gasteiger partial charge >= 0.3 is 5.97 Å². The number of ether oxygens (including phenoxy) is 2. The highest BCUT2D eigenvalue weighted by molar-refractivity contribution is 7.89. The molecule has 1 aliphatic rings. The molecule has 0 aromatic heterocycles. The lowest BCUT2D eigenvalue weighted by Gasteiger charge is -2.21. The van der Waals surface area contributed by atoms with E-state index in [2.05, 4.69) is 4.72 Å². The summed E-state index contributed by atoms with van der Waals surface area (Å²) in [6, 6.07) is 4.84. The first-order chi connectivity index (χ1) is 12.7. The van der Waals surface area contributed by atoms with Crippen molar-refractivity contribution in [2.24, 2.45) is 0 Å². The van der Waals surface area contributed by atoms with Crippen molar-refractivity contribution in [2.75, 3.05) is 33.4 Å². The van der Waals surface area contributed by atoms with Crippen molar-refractivity contribution in [3.63, 3.8) is 0 Å². The van der Waals surface area contributed by atoms with Crippen LogP contribution in [0.3, 0.4) is 0 Å². The predicted octanol–water partition coefficient (Wildman–Crippen LogP) is 0.328. The third kappa shape index (κ3) is 5.98. The molecule has 0 atom stereocenters. The summed E-state index contributed by atoms with van der Waals surface area (Å²) < 4.78 is 63.2. The van der Waals surface area contributed by atoms with Crippen molar-refractivity contribution in [3.8, 4) is 0 Å². The molecule has 2 rings (SSSR count). The molecule has 0 unspecified atom stereocenters. The normalized spacial score (nSPS) is 15.1. The molecule has 1 saturated carbocycles. The lowest BCUT2D eigenvalue weighted by molar-refractivity contribution is -0.143. The van der Waals surface area contributed by atoms with Gasteiger partial charge in [0.25, 0.3) is 0 Å². The Morgan fingerprint density at radius 1 is 1.15 bits per heavy atom. The number of carbonyl (C=O) groups excluding carboxylic acids is 1. The quantitative estimate of drug-likeness (QED) is 0.512. The van der Waals surface area contributed by atoms with E-state index in [1.54, 1.807) is 6.92 Å². The number of methoxy groups -OCH3 is 1. The fourth-order valence-corrected chi connectivity index (χ4v) is 4.93. The molecule has 1 N–H and O–H groups in total. The van der Waals surface area contributed by atoms with Gasteiger partial charge in [-0.15, -0.1) is 0 Å². The topological polar surface area (TPSA) is 119 Å². The van der Waals surface area contributed by atoms with E-state index in [-0.39, 0.29) is 35.6 Å². The summed E-state index contributed by atoms with van der Waals surface area (Å²) >= 11 is 0. The number of sulfonamides is 2. The summed E-state index contributed by atoms with van der Waals surface area (Å²) in [5.74, 6) is -0.676. The molecular weight excluding hydrogens is 396 g/mol. The summed E-state index contributed by atoms with van der Waals surface area (Å²) in [6.07, 6.45) is 1.60. The first-order valence-corrected chi connectivity index (χ1v) is 11.4. The van der Waals surface area contributed by atoms with E-state index in [0.29, 0.717) is 0 Å². The van der Waals surface area contributed by atoms with Crippen molar-refractivity contribution >= 4 is 26.0 Å². The highest BCUT2D eigenvalue weighted by Crippen LogP contribution is 2.23. The molecule has 0 heterocycles. The van der Waals surface area contributed by atoms with Gasteiger partial charge in [-0.1, -0.05) is 0 Å². The molecule has 1 aromatic carbocycles. The second-order valence-corrected chi connectivity index (χ2v) is 9.66. The molecule has 0 radical (unpaired) electrons. The predicted molar refractivity (Wildman–Crippen MR) is 97.1 cm³/mol. The molecule has 1 fully saturated rings. The van der Waals surface area contributed by atoms with Crippen LogP contribution in [0.2, 0.25) is 0 Å². The van der Waals surface area contributed by atoms with Crippen LogP contribution in [0.4, 0.5) is 0 Å². The van der Waals surface area contributed by atoms with Crippen LogP contribution >= 0.6 is 0 Å². The minimum Gasteiger partial charge on any atom is -0.465 e. The molecule has 11 heteroatoms. The number of hydrogen-bond acceptors (Lipinski definition) is 7. The van der Waals surface area contributed by atoms with Crippen LogP contribution in [-0.4, -0.2) is 66.6 Å². The Labute approximate surface area is 159 Å². The van der Waals surface area contributed by atoms with Crippen LogP contribution in [0.25, 0.3) is 0 Å². The van der Waals surface area contributed by atoms with Crippen LogP contribution in [-0.2, 0) is 34.3 Å². The summed E-state index contributed by atoms with van der Waals surface area (Å²) in [5.41, 5.74) is 0. The monoisotopic (exact) mass is 420 g/mol. The first kappa shape index (κ1) is 21.8. The lowest BCUT2D eigenvalue weighted by atomic mass is 10.4. The standard InChI is InChI=1S/C16H24N2O7S2/c1-3-25-16(19)12-18(10-11-24-2)27(22,23)15-8-6-14(7-9-15)26(20,21)17-13-4-5-13/h6-9,13,17H,3-5,10-12H2,1-2H3. The Hall–Kier alpha value is -1.53. The largest absolute Gasteiger partial charge is 0.465 e. The zero-order valence-electron chi connectivity index (χ0n) is 15.3. The molecule has 27 heavy (non-hydrogen) atoms. The highest BCUT2D eigenvalue weighted by Gasteiger charge is 2.30. The molecule has 0 bridgehead atoms. The number of esters is 1. The number of nitrogens with one attached hydrogen (secondary N) is 1. The Morgan fingerprint density at radius 3 is 2.26 bits per heavy atom. The summed E-state index contributed by atoms with van der Waals surface area (Å²) in [5, 5.41) is 0. The molecule has 0 spiro atoms. The first-order valence-electron chi connectivity index (χ1n) is 8.48. The van der Waals surface area contributed by atoms with E-state index in [9.17, 15) is 21.6 Å². The molecule has 0 amide bonds. The SMILES string of the molecule is CCOC(=O)CN(CCOC)S(=O)(=O)c1ccc(S(=O)(=O)NC2CC2)cc1. The van der Waals surface area contributed by atoms with Gasteiger partial charge in [0.1, 0.15) is 6.54 Å². The van der Waals surface area contributed by atoms with E-state index in [1.165, 1.54) is 31.4 Å². The van der Waals surface area contributed by atoms with Crippen LogP contribution < -0.4 is 4.72 Å². The average Bonchev–Trinajstić information content (AvgIpc) is 3.42. The third-order valence-corrected chi connectivity index (χ3v) is 7.22. The zero-order valence-corrected chi connectivity index (χ0v) is 16.9. The van der Waals surface area contributed by atoms with Gasteiger partial charge in [0, 0.05) is 19.7 Å². The maximum Gasteiger partial charge on any atom is 0.321 e. The van der Waals surface area contributed by atoms with Crippen LogP contribution in [0, 0.1) is 0 Å². The zero-order chi connectivity index (χ0) is 20.1. The van der Waals surface area contributed by atoms with Crippen LogP contribution in [0.15, 0.2) is 34.1 Å². The molecule has 1 aromatic rings. The van der Waals surface area contributed by atoms with Crippen LogP contribution in [0.5, 0.6) is 0 Å². The summed E-state index contributed by atoms with van der Waals surface area (Å²) in [6.45, 7) is 1.36. The average molecular weight is 421 g/mol. The maximum absolute atomic E-state index is 12.8. The van der Waals surface area contributed by atoms with Gasteiger partial charge in [-0.05, 0) is 44.0 Å². The van der Waals surface area contributed by atoms with Gasteiger partial charge in [-0.3, -0.25) is 4.79 Å². The van der Waals surface area contributed by atoms with Crippen molar-refractivity contribution in [2.45, 2.75) is 35.6 Å². The third-order valence-electron chi connectivity index (χ3n) is 3.83. The van der Waals surface area contributed by atoms with E-state index in [4.69, 9.17) is 9.47 Å². The molecule has 1 aliphatic carbocycles. The molecule has 0 saturated heterocycles. The van der Waals surface area contributed by atoms with E-state index in [0.717, 1.165) is 17.1 Å². The smallest absolute Gasteiger partial charge is 0.321 e. The van der Waals surface area contributed by atoms with Crippen molar-refractivity contribution < 1.29 is 31.1 Å².